The fourth-order valence-electron chi connectivity index (χ4n) is 7.09. The maximum atomic E-state index is 6.44. The quantitative estimate of drug-likeness (QED) is 0.188. The maximum absolute atomic E-state index is 6.44. The van der Waals surface area contributed by atoms with Crippen molar-refractivity contribution < 1.29 is 4.42 Å². The van der Waals surface area contributed by atoms with Gasteiger partial charge in [0, 0.05) is 38.4 Å². The Balaban J connectivity index is 1.18. The Labute approximate surface area is 287 Å². The predicted molar refractivity (Wildman–Crippen MR) is 203 cm³/mol. The van der Waals surface area contributed by atoms with Crippen LogP contribution >= 0.6 is 0 Å². The molecule has 0 amide bonds. The van der Waals surface area contributed by atoms with Crippen LogP contribution in [0.1, 0.15) is 0 Å². The Bertz CT molecular complexity index is 2850. The lowest BCUT2D eigenvalue weighted by atomic mass is 10.0. The number of hydrogen-bond acceptors (Lipinski definition) is 4. The SMILES string of the molecule is c1ccc(-c2ccc(-c3nc(-c4ccc5c(c4)c4ccccc4n5-c4ccccc4)nc(-c4cccc5c4oc4ccccc45)n3)cc2)cc1. The van der Waals surface area contributed by atoms with Crippen LogP contribution in [0.3, 0.4) is 0 Å². The van der Waals surface area contributed by atoms with Crippen LogP contribution in [0.15, 0.2) is 174 Å². The second kappa shape index (κ2) is 11.4. The summed E-state index contributed by atoms with van der Waals surface area (Å²) in [6, 6.07) is 58.6. The average molecular weight is 641 g/mol. The molecule has 10 rings (SSSR count). The molecule has 5 heteroatoms. The molecule has 10 aromatic rings. The van der Waals surface area contributed by atoms with Crippen molar-refractivity contribution in [2.45, 2.75) is 0 Å². The Morgan fingerprint density at radius 2 is 0.960 bits per heavy atom. The molecule has 234 valence electrons. The van der Waals surface area contributed by atoms with Crippen LogP contribution in [-0.2, 0) is 0 Å². The first-order valence-electron chi connectivity index (χ1n) is 16.7. The minimum Gasteiger partial charge on any atom is -0.455 e. The largest absolute Gasteiger partial charge is 0.455 e. The van der Waals surface area contributed by atoms with E-state index in [0.29, 0.717) is 17.5 Å². The molecule has 0 saturated heterocycles. The summed E-state index contributed by atoms with van der Waals surface area (Å²) in [7, 11) is 0. The van der Waals surface area contributed by atoms with E-state index >= 15 is 0 Å². The van der Waals surface area contributed by atoms with E-state index in [9.17, 15) is 0 Å². The van der Waals surface area contributed by atoms with Crippen LogP contribution in [0.5, 0.6) is 0 Å². The molecular weight excluding hydrogens is 613 g/mol. The van der Waals surface area contributed by atoms with Crippen LogP contribution in [0.4, 0.5) is 0 Å². The topological polar surface area (TPSA) is 56.7 Å². The summed E-state index contributed by atoms with van der Waals surface area (Å²) in [5, 5.41) is 4.41. The third-order valence-corrected chi connectivity index (χ3v) is 9.48. The van der Waals surface area contributed by atoms with Crippen LogP contribution in [-0.4, -0.2) is 19.5 Å². The summed E-state index contributed by atoms with van der Waals surface area (Å²) in [6.07, 6.45) is 0. The molecule has 0 N–H and O–H groups in total. The van der Waals surface area contributed by atoms with Gasteiger partial charge in [0.05, 0.1) is 16.6 Å². The van der Waals surface area contributed by atoms with Crippen molar-refractivity contribution in [3.63, 3.8) is 0 Å². The molecule has 0 atom stereocenters. The predicted octanol–water partition coefficient (Wildman–Crippen LogP) is 11.5. The summed E-state index contributed by atoms with van der Waals surface area (Å²) < 4.78 is 8.76. The first kappa shape index (κ1) is 28.2. The van der Waals surface area contributed by atoms with Crippen LogP contribution in [0.2, 0.25) is 0 Å². The number of para-hydroxylation sites is 4. The summed E-state index contributed by atoms with van der Waals surface area (Å²) >= 11 is 0. The van der Waals surface area contributed by atoms with Gasteiger partial charge in [0.1, 0.15) is 11.2 Å². The van der Waals surface area contributed by atoms with Gasteiger partial charge in [0.2, 0.25) is 0 Å². The number of benzene rings is 7. The molecule has 5 nitrogen and oxygen atoms in total. The highest BCUT2D eigenvalue weighted by molar-refractivity contribution is 6.11. The molecule has 0 unspecified atom stereocenters. The average Bonchev–Trinajstić information content (AvgIpc) is 3.74. The first-order valence-corrected chi connectivity index (χ1v) is 16.7. The van der Waals surface area contributed by atoms with Gasteiger partial charge in [-0.25, -0.2) is 15.0 Å². The van der Waals surface area contributed by atoms with Gasteiger partial charge in [-0.2, -0.15) is 0 Å². The van der Waals surface area contributed by atoms with E-state index in [4.69, 9.17) is 19.4 Å². The number of rotatable bonds is 5. The summed E-state index contributed by atoms with van der Waals surface area (Å²) in [6.45, 7) is 0. The lowest BCUT2D eigenvalue weighted by molar-refractivity contribution is 0.669. The molecular formula is C45H28N4O. The van der Waals surface area contributed by atoms with Gasteiger partial charge in [-0.05, 0) is 59.7 Å². The minimum atomic E-state index is 0.564. The van der Waals surface area contributed by atoms with Gasteiger partial charge in [-0.15, -0.1) is 0 Å². The number of nitrogens with zero attached hydrogens (tertiary/aromatic N) is 4. The van der Waals surface area contributed by atoms with Crippen molar-refractivity contribution in [3.8, 4) is 51.0 Å². The van der Waals surface area contributed by atoms with Crippen molar-refractivity contribution in [2.24, 2.45) is 0 Å². The van der Waals surface area contributed by atoms with Gasteiger partial charge in [0.15, 0.2) is 17.5 Å². The van der Waals surface area contributed by atoms with Crippen molar-refractivity contribution in [3.05, 3.63) is 170 Å². The molecule has 0 spiro atoms. The Hall–Kier alpha value is -6.85. The van der Waals surface area contributed by atoms with Gasteiger partial charge in [0.25, 0.3) is 0 Å². The third kappa shape index (κ3) is 4.60. The van der Waals surface area contributed by atoms with E-state index in [2.05, 4.69) is 132 Å². The zero-order valence-corrected chi connectivity index (χ0v) is 26.9. The highest BCUT2D eigenvalue weighted by atomic mass is 16.3. The van der Waals surface area contributed by atoms with Crippen molar-refractivity contribution in [2.75, 3.05) is 0 Å². The molecule has 0 bridgehead atoms. The molecule has 0 radical (unpaired) electrons. The van der Waals surface area contributed by atoms with Gasteiger partial charge in [-0.3, -0.25) is 0 Å². The second-order valence-corrected chi connectivity index (χ2v) is 12.5. The van der Waals surface area contributed by atoms with E-state index in [1.54, 1.807) is 0 Å². The van der Waals surface area contributed by atoms with Crippen LogP contribution in [0, 0.1) is 0 Å². The fraction of sp³-hybridized carbons (Fsp3) is 0. The molecule has 0 aliphatic carbocycles. The zero-order valence-electron chi connectivity index (χ0n) is 26.9. The number of hydrogen-bond donors (Lipinski definition) is 0. The van der Waals surface area contributed by atoms with Gasteiger partial charge < -0.3 is 8.98 Å². The van der Waals surface area contributed by atoms with E-state index in [0.717, 1.165) is 71.9 Å². The maximum Gasteiger partial charge on any atom is 0.167 e. The molecule has 7 aromatic carbocycles. The van der Waals surface area contributed by atoms with E-state index in [-0.39, 0.29) is 0 Å². The molecule has 3 heterocycles. The second-order valence-electron chi connectivity index (χ2n) is 12.5. The normalized spacial score (nSPS) is 11.6. The lowest BCUT2D eigenvalue weighted by Crippen LogP contribution is -2.00. The number of aromatic nitrogens is 4. The van der Waals surface area contributed by atoms with E-state index < -0.39 is 0 Å². The Morgan fingerprint density at radius 3 is 1.78 bits per heavy atom. The van der Waals surface area contributed by atoms with Gasteiger partial charge >= 0.3 is 0 Å². The molecule has 3 aromatic heterocycles. The molecule has 0 aliphatic heterocycles. The lowest BCUT2D eigenvalue weighted by Gasteiger charge is -2.10. The first-order chi connectivity index (χ1) is 24.8. The summed E-state index contributed by atoms with van der Waals surface area (Å²) in [5.74, 6) is 1.77. The number of fused-ring (bicyclic) bond motifs is 6. The van der Waals surface area contributed by atoms with E-state index in [1.165, 1.54) is 5.39 Å². The zero-order chi connectivity index (χ0) is 33.0. The smallest absolute Gasteiger partial charge is 0.167 e. The third-order valence-electron chi connectivity index (χ3n) is 9.48. The van der Waals surface area contributed by atoms with Crippen molar-refractivity contribution in [1.29, 1.82) is 0 Å². The van der Waals surface area contributed by atoms with Gasteiger partial charge in [-0.1, -0.05) is 121 Å². The Morgan fingerprint density at radius 1 is 0.380 bits per heavy atom. The highest BCUT2D eigenvalue weighted by Gasteiger charge is 2.19. The highest BCUT2D eigenvalue weighted by Crippen LogP contribution is 2.38. The summed E-state index contributed by atoms with van der Waals surface area (Å²) in [5.41, 5.74) is 9.94. The molecule has 0 fully saturated rings. The standard InChI is InChI=1S/C45H28N4O/c1-3-12-29(13-4-1)30-22-24-31(25-23-30)43-46-44(48-45(47-43)37-19-11-18-36-35-17-8-10-21-41(35)50-42(36)37)32-26-27-40-38(28-32)34-16-7-9-20-39(34)49(40)33-14-5-2-6-15-33/h1-28H. The van der Waals surface area contributed by atoms with E-state index in [1.807, 2.05) is 42.5 Å². The van der Waals surface area contributed by atoms with Crippen molar-refractivity contribution >= 4 is 43.7 Å². The molecule has 0 aliphatic rings. The monoisotopic (exact) mass is 640 g/mol. The summed E-state index contributed by atoms with van der Waals surface area (Å²) in [4.78, 5) is 15.4. The van der Waals surface area contributed by atoms with Crippen molar-refractivity contribution in [1.82, 2.24) is 19.5 Å². The van der Waals surface area contributed by atoms with Crippen LogP contribution < -0.4 is 0 Å². The molecule has 0 saturated carbocycles. The number of furan rings is 1. The Kier molecular flexibility index (Phi) is 6.42. The fourth-order valence-corrected chi connectivity index (χ4v) is 7.09. The minimum absolute atomic E-state index is 0.564. The van der Waals surface area contributed by atoms with Crippen LogP contribution in [0.25, 0.3) is 94.7 Å². The molecule has 50 heavy (non-hydrogen) atoms.